The molecule has 3 heterocycles. The minimum Gasteiger partial charge on any atom is -0.377 e. The van der Waals surface area contributed by atoms with E-state index in [1.54, 1.807) is 12.3 Å². The summed E-state index contributed by atoms with van der Waals surface area (Å²) in [6.45, 7) is 1.80. The Hall–Kier alpha value is -2.44. The third kappa shape index (κ3) is 2.67. The molecule has 1 aliphatic heterocycles. The van der Waals surface area contributed by atoms with Gasteiger partial charge in [-0.25, -0.2) is 4.68 Å². The van der Waals surface area contributed by atoms with Crippen LogP contribution in [0.1, 0.15) is 11.6 Å². The van der Waals surface area contributed by atoms with Crippen LogP contribution in [0.2, 0.25) is 0 Å². The predicted octanol–water partition coefficient (Wildman–Crippen LogP) is 1.45. The van der Waals surface area contributed by atoms with Gasteiger partial charge >= 0.3 is 0 Å². The van der Waals surface area contributed by atoms with E-state index in [1.807, 2.05) is 18.3 Å². The van der Waals surface area contributed by atoms with Crippen molar-refractivity contribution < 1.29 is 4.74 Å². The number of nitrogens with one attached hydrogen (secondary N) is 2. The molecule has 0 amide bonds. The SMILES string of the molecule is O=c1cccnn1C1COCC1NCc1c[nH]c2ccccc12. The number of aromatic amines is 1. The summed E-state index contributed by atoms with van der Waals surface area (Å²) < 4.78 is 7.08. The van der Waals surface area contributed by atoms with Gasteiger partial charge in [0.1, 0.15) is 0 Å². The first-order valence-electron chi connectivity index (χ1n) is 7.73. The van der Waals surface area contributed by atoms with Crippen molar-refractivity contribution in [2.45, 2.75) is 18.6 Å². The molecule has 1 aliphatic rings. The third-order valence-corrected chi connectivity index (χ3v) is 4.34. The second-order valence-electron chi connectivity index (χ2n) is 5.76. The summed E-state index contributed by atoms with van der Waals surface area (Å²) >= 11 is 0. The van der Waals surface area contributed by atoms with Crippen LogP contribution in [0, 0.1) is 0 Å². The van der Waals surface area contributed by atoms with Gasteiger partial charge in [0.25, 0.3) is 5.56 Å². The number of hydrogen-bond donors (Lipinski definition) is 2. The molecule has 1 saturated heterocycles. The van der Waals surface area contributed by atoms with Crippen LogP contribution < -0.4 is 10.9 Å². The molecule has 6 nitrogen and oxygen atoms in total. The Balaban J connectivity index is 1.52. The van der Waals surface area contributed by atoms with Crippen molar-refractivity contribution in [3.05, 3.63) is 64.7 Å². The fourth-order valence-electron chi connectivity index (χ4n) is 3.12. The fraction of sp³-hybridized carbons (Fsp3) is 0.294. The monoisotopic (exact) mass is 310 g/mol. The van der Waals surface area contributed by atoms with Crippen LogP contribution in [-0.4, -0.2) is 34.0 Å². The maximum Gasteiger partial charge on any atom is 0.267 e. The maximum atomic E-state index is 12.0. The lowest BCUT2D eigenvalue weighted by Crippen LogP contribution is -2.40. The number of nitrogens with zero attached hydrogens (tertiary/aromatic N) is 2. The molecule has 4 rings (SSSR count). The quantitative estimate of drug-likeness (QED) is 0.765. The van der Waals surface area contributed by atoms with Crippen molar-refractivity contribution >= 4 is 10.9 Å². The summed E-state index contributed by atoms with van der Waals surface area (Å²) in [6, 6.07) is 11.4. The lowest BCUT2D eigenvalue weighted by molar-refractivity contribution is 0.180. The topological polar surface area (TPSA) is 71.9 Å². The number of H-pyrrole nitrogens is 1. The van der Waals surface area contributed by atoms with Gasteiger partial charge in [-0.2, -0.15) is 5.10 Å². The summed E-state index contributed by atoms with van der Waals surface area (Å²) in [5.41, 5.74) is 2.24. The van der Waals surface area contributed by atoms with Crippen LogP contribution in [0.15, 0.2) is 53.6 Å². The molecule has 0 spiro atoms. The summed E-state index contributed by atoms with van der Waals surface area (Å²) in [7, 11) is 0. The lowest BCUT2D eigenvalue weighted by atomic mass is 10.1. The Kier molecular flexibility index (Phi) is 3.69. The van der Waals surface area contributed by atoms with Crippen LogP contribution in [-0.2, 0) is 11.3 Å². The second kappa shape index (κ2) is 5.98. The molecule has 2 N–H and O–H groups in total. The Morgan fingerprint density at radius 3 is 3.09 bits per heavy atom. The minimum atomic E-state index is -0.0955. The van der Waals surface area contributed by atoms with Gasteiger partial charge in [0.05, 0.1) is 25.3 Å². The van der Waals surface area contributed by atoms with Crippen molar-refractivity contribution in [3.8, 4) is 0 Å². The molecule has 2 unspecified atom stereocenters. The van der Waals surface area contributed by atoms with E-state index in [9.17, 15) is 4.79 Å². The average molecular weight is 310 g/mol. The predicted molar refractivity (Wildman–Crippen MR) is 87.3 cm³/mol. The highest BCUT2D eigenvalue weighted by Crippen LogP contribution is 2.20. The van der Waals surface area contributed by atoms with Crippen molar-refractivity contribution in [3.63, 3.8) is 0 Å². The van der Waals surface area contributed by atoms with Crippen molar-refractivity contribution in [1.82, 2.24) is 20.1 Å². The first-order valence-corrected chi connectivity index (χ1v) is 7.73. The Morgan fingerprint density at radius 2 is 2.17 bits per heavy atom. The standard InChI is InChI=1S/C17H18N4O2/c22-17-6-3-7-20-21(17)16-11-23-10-15(16)19-9-12-8-18-14-5-2-1-4-13(12)14/h1-8,15-16,18-19H,9-11H2. The molecule has 118 valence electrons. The van der Waals surface area contributed by atoms with Gasteiger partial charge in [-0.3, -0.25) is 4.79 Å². The largest absolute Gasteiger partial charge is 0.377 e. The van der Waals surface area contributed by atoms with Gasteiger partial charge in [0.15, 0.2) is 0 Å². The molecule has 0 aliphatic carbocycles. The molecule has 1 fully saturated rings. The van der Waals surface area contributed by atoms with E-state index in [-0.39, 0.29) is 17.6 Å². The van der Waals surface area contributed by atoms with Crippen molar-refractivity contribution in [2.75, 3.05) is 13.2 Å². The zero-order chi connectivity index (χ0) is 15.6. The first kappa shape index (κ1) is 14.2. The summed E-state index contributed by atoms with van der Waals surface area (Å²) in [5.74, 6) is 0. The van der Waals surface area contributed by atoms with Crippen LogP contribution in [0.5, 0.6) is 0 Å². The Morgan fingerprint density at radius 1 is 1.26 bits per heavy atom. The third-order valence-electron chi connectivity index (χ3n) is 4.34. The smallest absolute Gasteiger partial charge is 0.267 e. The second-order valence-corrected chi connectivity index (χ2v) is 5.76. The molecule has 3 aromatic rings. The van der Waals surface area contributed by atoms with Gasteiger partial charge in [-0.1, -0.05) is 18.2 Å². The van der Waals surface area contributed by atoms with Crippen LogP contribution in [0.25, 0.3) is 10.9 Å². The zero-order valence-corrected chi connectivity index (χ0v) is 12.6. The van der Waals surface area contributed by atoms with E-state index < -0.39 is 0 Å². The van der Waals surface area contributed by atoms with Gasteiger partial charge in [-0.15, -0.1) is 0 Å². The summed E-state index contributed by atoms with van der Waals surface area (Å²) in [5, 5.41) is 8.90. The number of fused-ring (bicyclic) bond motifs is 1. The molecule has 0 bridgehead atoms. The van der Waals surface area contributed by atoms with E-state index in [1.165, 1.54) is 21.7 Å². The molecule has 0 saturated carbocycles. The summed E-state index contributed by atoms with van der Waals surface area (Å²) in [4.78, 5) is 15.2. The number of para-hydroxylation sites is 1. The molecule has 1 aromatic carbocycles. The highest BCUT2D eigenvalue weighted by atomic mass is 16.5. The van der Waals surface area contributed by atoms with Gasteiger partial charge in [0, 0.05) is 35.9 Å². The Bertz CT molecular complexity index is 870. The normalized spacial score (nSPS) is 21.0. The molecular formula is C17H18N4O2. The van der Waals surface area contributed by atoms with E-state index in [4.69, 9.17) is 4.74 Å². The van der Waals surface area contributed by atoms with Gasteiger partial charge in [0.2, 0.25) is 0 Å². The summed E-state index contributed by atoms with van der Waals surface area (Å²) in [6.07, 6.45) is 3.66. The van der Waals surface area contributed by atoms with Crippen LogP contribution >= 0.6 is 0 Å². The Labute approximate surface area is 133 Å². The highest BCUT2D eigenvalue weighted by molar-refractivity contribution is 5.82. The zero-order valence-electron chi connectivity index (χ0n) is 12.6. The number of aromatic nitrogens is 3. The van der Waals surface area contributed by atoms with E-state index in [2.05, 4.69) is 27.5 Å². The first-order chi connectivity index (χ1) is 11.3. The van der Waals surface area contributed by atoms with E-state index in [0.29, 0.717) is 13.2 Å². The lowest BCUT2D eigenvalue weighted by Gasteiger charge is -2.19. The number of ether oxygens (including phenoxy) is 1. The minimum absolute atomic E-state index is 0.0660. The van der Waals surface area contributed by atoms with Crippen molar-refractivity contribution in [1.29, 1.82) is 0 Å². The van der Waals surface area contributed by atoms with E-state index >= 15 is 0 Å². The highest BCUT2D eigenvalue weighted by Gasteiger charge is 2.30. The van der Waals surface area contributed by atoms with Gasteiger partial charge < -0.3 is 15.0 Å². The molecule has 0 radical (unpaired) electrons. The van der Waals surface area contributed by atoms with Crippen LogP contribution in [0.3, 0.4) is 0 Å². The fourth-order valence-corrected chi connectivity index (χ4v) is 3.12. The van der Waals surface area contributed by atoms with Gasteiger partial charge in [-0.05, 0) is 17.7 Å². The average Bonchev–Trinajstić information content (AvgIpc) is 3.20. The molecule has 6 heteroatoms. The number of rotatable bonds is 4. The maximum absolute atomic E-state index is 12.0. The number of hydrogen-bond acceptors (Lipinski definition) is 4. The molecule has 2 aromatic heterocycles. The molecule has 2 atom stereocenters. The molecular weight excluding hydrogens is 292 g/mol. The van der Waals surface area contributed by atoms with Crippen LogP contribution in [0.4, 0.5) is 0 Å². The van der Waals surface area contributed by atoms with Crippen molar-refractivity contribution in [2.24, 2.45) is 0 Å². The molecule has 23 heavy (non-hydrogen) atoms. The number of benzene rings is 1. The van der Waals surface area contributed by atoms with E-state index in [0.717, 1.165) is 12.1 Å².